The molecule has 44 valence electrons. The summed E-state index contributed by atoms with van der Waals surface area (Å²) in [5, 5.41) is 0. The molecule has 0 radical (unpaired) electrons. The molecule has 8 heavy (non-hydrogen) atoms. The fourth-order valence-electron chi connectivity index (χ4n) is 0.429. The van der Waals surface area contributed by atoms with Crippen molar-refractivity contribution in [3.8, 4) is 0 Å². The Balaban J connectivity index is 2.81. The molecule has 0 aromatic carbocycles. The predicted molar refractivity (Wildman–Crippen MR) is 32.3 cm³/mol. The summed E-state index contributed by atoms with van der Waals surface area (Å²) in [6.07, 6.45) is 2.98. The van der Waals surface area contributed by atoms with Crippen LogP contribution in [0.1, 0.15) is 0 Å². The van der Waals surface area contributed by atoms with E-state index in [-0.39, 0.29) is 6.16 Å². The topological polar surface area (TPSA) is 49.7 Å². The van der Waals surface area contributed by atoms with E-state index in [9.17, 15) is 4.57 Å². The molecule has 0 saturated carbocycles. The summed E-state index contributed by atoms with van der Waals surface area (Å²) in [6, 6.07) is 0. The summed E-state index contributed by atoms with van der Waals surface area (Å²) in [5.41, 5.74) is 0. The predicted octanol–water partition coefficient (Wildman–Crippen LogP) is 0.812. The molecule has 1 N–H and O–H groups in total. The van der Waals surface area contributed by atoms with Crippen LogP contribution in [0.2, 0.25) is 0 Å². The van der Waals surface area contributed by atoms with Gasteiger partial charge in [0.1, 0.15) is 0 Å². The molecule has 1 aliphatic rings. The van der Waals surface area contributed by atoms with Crippen molar-refractivity contribution >= 4 is 13.6 Å². The Morgan fingerprint density at radius 3 is 2.75 bits per heavy atom. The summed E-state index contributed by atoms with van der Waals surface area (Å²) in [5.74, 6) is 1.24. The molecule has 0 aromatic heterocycles. The van der Waals surface area contributed by atoms with Crippen LogP contribution in [-0.4, -0.2) is 17.3 Å². The van der Waals surface area contributed by atoms with Crippen LogP contribution < -0.4 is 0 Å². The molecule has 0 saturated heterocycles. The van der Waals surface area contributed by atoms with Gasteiger partial charge in [0.15, 0.2) is 0 Å². The van der Waals surface area contributed by atoms with E-state index in [1.54, 1.807) is 0 Å². The SMILES string of the molecule is O=P1(O)C=CN=CC1. The number of rotatable bonds is 0. The first-order chi connectivity index (χ1) is 3.71. The van der Waals surface area contributed by atoms with E-state index >= 15 is 0 Å². The van der Waals surface area contributed by atoms with Gasteiger partial charge in [0, 0.05) is 18.2 Å². The minimum Gasteiger partial charge on any atom is -0.341 e. The van der Waals surface area contributed by atoms with Crippen LogP contribution in [0.25, 0.3) is 0 Å². The van der Waals surface area contributed by atoms with Crippen LogP contribution in [0.4, 0.5) is 0 Å². The van der Waals surface area contributed by atoms with Gasteiger partial charge in [-0.15, -0.1) is 0 Å². The lowest BCUT2D eigenvalue weighted by Crippen LogP contribution is -1.89. The number of nitrogens with zero attached hydrogens (tertiary/aromatic N) is 1. The fraction of sp³-hybridized carbons (Fsp3) is 0.250. The first-order valence-electron chi connectivity index (χ1n) is 2.21. The number of aliphatic imine (C=N–C) groups is 1. The van der Waals surface area contributed by atoms with Crippen LogP contribution >= 0.6 is 7.37 Å². The Morgan fingerprint density at radius 2 is 2.50 bits per heavy atom. The lowest BCUT2D eigenvalue weighted by molar-refractivity contribution is 0.493. The summed E-state index contributed by atoms with van der Waals surface area (Å²) < 4.78 is 10.6. The highest BCUT2D eigenvalue weighted by molar-refractivity contribution is 7.62. The minimum absolute atomic E-state index is 0.184. The summed E-state index contributed by atoms with van der Waals surface area (Å²) in [4.78, 5) is 12.4. The molecule has 0 amide bonds. The highest BCUT2D eigenvalue weighted by Gasteiger charge is 2.12. The average Bonchev–Trinajstić information content (AvgIpc) is 1.65. The molecule has 0 aliphatic carbocycles. The van der Waals surface area contributed by atoms with Gasteiger partial charge in [-0.2, -0.15) is 0 Å². The van der Waals surface area contributed by atoms with Crippen molar-refractivity contribution in [3.63, 3.8) is 0 Å². The van der Waals surface area contributed by atoms with Crippen molar-refractivity contribution in [2.45, 2.75) is 0 Å². The van der Waals surface area contributed by atoms with Gasteiger partial charge in [-0.25, -0.2) is 0 Å². The molecular formula is C4H6NO2P. The van der Waals surface area contributed by atoms with E-state index in [0.717, 1.165) is 0 Å². The van der Waals surface area contributed by atoms with Gasteiger partial charge in [0.2, 0.25) is 7.37 Å². The van der Waals surface area contributed by atoms with Crippen molar-refractivity contribution in [2.24, 2.45) is 4.99 Å². The van der Waals surface area contributed by atoms with Crippen LogP contribution in [0.3, 0.4) is 0 Å². The number of hydrogen-bond donors (Lipinski definition) is 1. The second-order valence-corrected chi connectivity index (χ2v) is 3.74. The largest absolute Gasteiger partial charge is 0.341 e. The maximum atomic E-state index is 10.6. The normalized spacial score (nSPS) is 35.6. The van der Waals surface area contributed by atoms with E-state index in [1.807, 2.05) is 0 Å². The first kappa shape index (κ1) is 5.73. The zero-order valence-corrected chi connectivity index (χ0v) is 5.08. The molecule has 1 heterocycles. The second-order valence-electron chi connectivity index (χ2n) is 1.57. The summed E-state index contributed by atoms with van der Waals surface area (Å²) in [6.45, 7) is 0. The molecule has 1 unspecified atom stereocenters. The smallest absolute Gasteiger partial charge is 0.229 e. The maximum absolute atomic E-state index is 10.6. The Kier molecular flexibility index (Phi) is 1.32. The summed E-state index contributed by atoms with van der Waals surface area (Å²) in [7, 11) is -2.92. The lowest BCUT2D eigenvalue weighted by Gasteiger charge is -2.02. The minimum atomic E-state index is -2.92. The molecule has 0 spiro atoms. The van der Waals surface area contributed by atoms with Gasteiger partial charge in [0.05, 0.1) is 6.16 Å². The zero-order valence-electron chi connectivity index (χ0n) is 4.19. The molecule has 1 aliphatic heterocycles. The van der Waals surface area contributed by atoms with Gasteiger partial charge < -0.3 is 4.89 Å². The third kappa shape index (κ3) is 1.29. The Labute approximate surface area is 47.2 Å². The molecule has 4 heteroatoms. The van der Waals surface area contributed by atoms with Crippen molar-refractivity contribution in [3.05, 3.63) is 12.0 Å². The van der Waals surface area contributed by atoms with E-state index in [0.29, 0.717) is 0 Å². The molecule has 1 atom stereocenters. The quantitative estimate of drug-likeness (QED) is 0.494. The van der Waals surface area contributed by atoms with Crippen molar-refractivity contribution in [1.82, 2.24) is 0 Å². The van der Waals surface area contributed by atoms with Crippen LogP contribution in [0.15, 0.2) is 17.0 Å². The highest BCUT2D eigenvalue weighted by atomic mass is 31.2. The Bertz CT molecular complexity index is 184. The lowest BCUT2D eigenvalue weighted by atomic mass is 10.8. The molecule has 0 bridgehead atoms. The second kappa shape index (κ2) is 1.84. The van der Waals surface area contributed by atoms with E-state index in [2.05, 4.69) is 4.99 Å². The molecule has 3 nitrogen and oxygen atoms in total. The Hall–Kier alpha value is -0.400. The van der Waals surface area contributed by atoms with Crippen LogP contribution in [-0.2, 0) is 4.57 Å². The molecule has 0 aromatic rings. The van der Waals surface area contributed by atoms with Gasteiger partial charge in [-0.05, 0) is 0 Å². The summed E-state index contributed by atoms with van der Waals surface area (Å²) >= 11 is 0. The monoisotopic (exact) mass is 131 g/mol. The van der Waals surface area contributed by atoms with Crippen LogP contribution in [0.5, 0.6) is 0 Å². The first-order valence-corrected chi connectivity index (χ1v) is 4.13. The van der Waals surface area contributed by atoms with E-state index < -0.39 is 7.37 Å². The zero-order chi connectivity index (χ0) is 6.04. The van der Waals surface area contributed by atoms with Crippen molar-refractivity contribution in [2.75, 3.05) is 6.16 Å². The van der Waals surface area contributed by atoms with E-state index in [4.69, 9.17) is 4.89 Å². The van der Waals surface area contributed by atoms with Gasteiger partial charge in [0.25, 0.3) is 0 Å². The van der Waals surface area contributed by atoms with Crippen molar-refractivity contribution in [1.29, 1.82) is 0 Å². The Morgan fingerprint density at radius 1 is 1.75 bits per heavy atom. The standard InChI is InChI=1S/C4H6NO2P/c6-8(7)3-1-5-2-4-8/h1-3H,4H2,(H,6,7). The van der Waals surface area contributed by atoms with Gasteiger partial charge in [-0.1, -0.05) is 0 Å². The van der Waals surface area contributed by atoms with Gasteiger partial charge in [-0.3, -0.25) is 9.56 Å². The van der Waals surface area contributed by atoms with Crippen LogP contribution in [0, 0.1) is 0 Å². The molecular weight excluding hydrogens is 125 g/mol. The number of hydrogen-bond acceptors (Lipinski definition) is 2. The fourth-order valence-corrected chi connectivity index (χ4v) is 1.16. The highest BCUT2D eigenvalue weighted by Crippen LogP contribution is 2.42. The van der Waals surface area contributed by atoms with E-state index in [1.165, 1.54) is 18.2 Å². The molecule has 0 fully saturated rings. The maximum Gasteiger partial charge on any atom is 0.229 e. The van der Waals surface area contributed by atoms with Gasteiger partial charge >= 0.3 is 0 Å². The third-order valence-electron chi connectivity index (χ3n) is 0.834. The average molecular weight is 131 g/mol. The third-order valence-corrected chi connectivity index (χ3v) is 2.12. The molecule has 1 rings (SSSR count). The van der Waals surface area contributed by atoms with Crippen molar-refractivity contribution < 1.29 is 9.46 Å².